The van der Waals surface area contributed by atoms with E-state index in [0.29, 0.717) is 0 Å². The molecule has 0 heterocycles. The van der Waals surface area contributed by atoms with Crippen LogP contribution in [0.1, 0.15) is 13.3 Å². The molecule has 0 aromatic heterocycles. The van der Waals surface area contributed by atoms with Gasteiger partial charge >= 0.3 is 0 Å². The molecule has 0 aliphatic heterocycles. The van der Waals surface area contributed by atoms with Crippen molar-refractivity contribution >= 4 is 11.6 Å². The number of rotatable bonds is 2. The Bertz CT molecular complexity index is 352. The molecule has 0 bridgehead atoms. The average molecular weight is 199 g/mol. The minimum Gasteiger partial charge on any atom is -0.313 e. The average Bonchev–Trinajstić information content (AvgIpc) is 2.15. The van der Waals surface area contributed by atoms with E-state index in [9.17, 15) is 13.6 Å². The zero-order valence-corrected chi connectivity index (χ0v) is 8.05. The molecule has 1 aromatic rings. The molecule has 0 fully saturated rings. The van der Waals surface area contributed by atoms with Crippen molar-refractivity contribution in [1.29, 1.82) is 0 Å². The summed E-state index contributed by atoms with van der Waals surface area (Å²) in [6, 6.07) is 3.13. The van der Waals surface area contributed by atoms with Gasteiger partial charge < -0.3 is 4.90 Å². The molecule has 1 rings (SSSR count). The molecule has 76 valence electrons. The highest BCUT2D eigenvalue weighted by Crippen LogP contribution is 2.19. The molecule has 14 heavy (non-hydrogen) atoms. The van der Waals surface area contributed by atoms with E-state index in [2.05, 4.69) is 0 Å². The van der Waals surface area contributed by atoms with Crippen LogP contribution in [0.25, 0.3) is 0 Å². The number of benzene rings is 1. The maximum Gasteiger partial charge on any atom is 0.226 e. The first-order chi connectivity index (χ1) is 6.56. The highest BCUT2D eigenvalue weighted by Gasteiger charge is 2.13. The van der Waals surface area contributed by atoms with E-state index in [1.807, 2.05) is 0 Å². The molecule has 0 atom stereocenters. The van der Waals surface area contributed by atoms with Crippen molar-refractivity contribution in [3.63, 3.8) is 0 Å². The van der Waals surface area contributed by atoms with Crippen molar-refractivity contribution < 1.29 is 13.6 Å². The number of halogens is 2. The molecule has 0 aliphatic carbocycles. The van der Waals surface area contributed by atoms with Gasteiger partial charge in [0.2, 0.25) is 5.91 Å². The third-order valence-electron chi connectivity index (χ3n) is 1.95. The van der Waals surface area contributed by atoms with Gasteiger partial charge in [-0.3, -0.25) is 4.79 Å². The van der Waals surface area contributed by atoms with Crippen LogP contribution in [0.5, 0.6) is 0 Å². The fraction of sp³-hybridized carbons (Fsp3) is 0.300. The molecular formula is C10H11F2NO. The molecule has 0 N–H and O–H groups in total. The van der Waals surface area contributed by atoms with Gasteiger partial charge in [0.15, 0.2) is 0 Å². The number of carbonyl (C=O) groups is 1. The Labute approximate surface area is 81.1 Å². The third kappa shape index (κ3) is 2.07. The van der Waals surface area contributed by atoms with Crippen molar-refractivity contribution in [3.05, 3.63) is 29.8 Å². The van der Waals surface area contributed by atoms with Crippen molar-refractivity contribution in [2.75, 3.05) is 11.9 Å². The van der Waals surface area contributed by atoms with E-state index in [-0.39, 0.29) is 18.0 Å². The summed E-state index contributed by atoms with van der Waals surface area (Å²) in [6.07, 6.45) is 0.285. The summed E-state index contributed by atoms with van der Waals surface area (Å²) < 4.78 is 25.7. The van der Waals surface area contributed by atoms with Crippen molar-refractivity contribution in [2.45, 2.75) is 13.3 Å². The lowest BCUT2D eigenvalue weighted by molar-refractivity contribution is -0.118. The van der Waals surface area contributed by atoms with Gasteiger partial charge in [-0.1, -0.05) is 6.92 Å². The minimum absolute atomic E-state index is 0.0956. The van der Waals surface area contributed by atoms with E-state index >= 15 is 0 Å². The first kappa shape index (κ1) is 10.6. The predicted octanol–water partition coefficient (Wildman–Crippen LogP) is 2.34. The van der Waals surface area contributed by atoms with Crippen LogP contribution in [0.3, 0.4) is 0 Å². The molecule has 0 radical (unpaired) electrons. The first-order valence-corrected chi connectivity index (χ1v) is 4.28. The van der Waals surface area contributed by atoms with Gasteiger partial charge in [-0.25, -0.2) is 8.78 Å². The maximum atomic E-state index is 13.2. The zero-order chi connectivity index (χ0) is 10.7. The van der Waals surface area contributed by atoms with Gasteiger partial charge in [-0.2, -0.15) is 0 Å². The molecule has 0 saturated carbocycles. The second-order valence-corrected chi connectivity index (χ2v) is 2.90. The first-order valence-electron chi connectivity index (χ1n) is 4.28. The smallest absolute Gasteiger partial charge is 0.226 e. The second-order valence-electron chi connectivity index (χ2n) is 2.90. The molecule has 1 aromatic carbocycles. The highest BCUT2D eigenvalue weighted by atomic mass is 19.1. The van der Waals surface area contributed by atoms with Crippen LogP contribution in [0, 0.1) is 11.6 Å². The Balaban J connectivity index is 3.01. The van der Waals surface area contributed by atoms with Crippen LogP contribution in [0.2, 0.25) is 0 Å². The summed E-state index contributed by atoms with van der Waals surface area (Å²) in [6.45, 7) is 1.68. The van der Waals surface area contributed by atoms with Crippen LogP contribution in [0.4, 0.5) is 14.5 Å². The van der Waals surface area contributed by atoms with Crippen LogP contribution < -0.4 is 4.90 Å². The molecular weight excluding hydrogens is 188 g/mol. The molecule has 1 amide bonds. The molecule has 0 saturated heterocycles. The largest absolute Gasteiger partial charge is 0.313 e. The van der Waals surface area contributed by atoms with Crippen LogP contribution in [-0.4, -0.2) is 13.0 Å². The number of nitrogens with zero attached hydrogens (tertiary/aromatic N) is 1. The summed E-state index contributed by atoms with van der Waals surface area (Å²) in [5.41, 5.74) is 0.0956. The standard InChI is InChI=1S/C10H11F2NO/c1-3-10(14)13(2)9-5-4-7(11)6-8(9)12/h4-6H,3H2,1-2H3. The molecule has 0 aliphatic rings. The van der Waals surface area contributed by atoms with Gasteiger partial charge in [-0.15, -0.1) is 0 Å². The van der Waals surface area contributed by atoms with Crippen LogP contribution >= 0.6 is 0 Å². The summed E-state index contributed by atoms with van der Waals surface area (Å²) in [5, 5.41) is 0. The van der Waals surface area contributed by atoms with Crippen molar-refractivity contribution in [1.82, 2.24) is 0 Å². The van der Waals surface area contributed by atoms with Gasteiger partial charge in [0, 0.05) is 19.5 Å². The second kappa shape index (κ2) is 4.17. The van der Waals surface area contributed by atoms with Crippen LogP contribution in [0.15, 0.2) is 18.2 Å². The lowest BCUT2D eigenvalue weighted by atomic mass is 10.2. The van der Waals surface area contributed by atoms with Gasteiger partial charge in [-0.05, 0) is 12.1 Å². The Morgan fingerprint density at radius 3 is 2.57 bits per heavy atom. The monoisotopic (exact) mass is 199 g/mol. The number of hydrogen-bond donors (Lipinski definition) is 0. The predicted molar refractivity (Wildman–Crippen MR) is 50.1 cm³/mol. The summed E-state index contributed by atoms with van der Waals surface area (Å²) >= 11 is 0. The topological polar surface area (TPSA) is 20.3 Å². The quantitative estimate of drug-likeness (QED) is 0.715. The van der Waals surface area contributed by atoms with E-state index in [4.69, 9.17) is 0 Å². The maximum absolute atomic E-state index is 13.2. The Kier molecular flexibility index (Phi) is 3.17. The summed E-state index contributed by atoms with van der Waals surface area (Å²) in [4.78, 5) is 12.4. The lowest BCUT2D eigenvalue weighted by Gasteiger charge is -2.16. The van der Waals surface area contributed by atoms with E-state index in [1.54, 1.807) is 6.92 Å². The number of carbonyl (C=O) groups excluding carboxylic acids is 1. The van der Waals surface area contributed by atoms with Gasteiger partial charge in [0.05, 0.1) is 5.69 Å². The Morgan fingerprint density at radius 2 is 2.07 bits per heavy atom. The van der Waals surface area contributed by atoms with Crippen LogP contribution in [-0.2, 0) is 4.79 Å². The van der Waals surface area contributed by atoms with E-state index in [0.717, 1.165) is 12.1 Å². The molecule has 0 spiro atoms. The minimum atomic E-state index is -0.727. The normalized spacial score (nSPS) is 10.0. The number of hydrogen-bond acceptors (Lipinski definition) is 1. The van der Waals surface area contributed by atoms with Gasteiger partial charge in [0.25, 0.3) is 0 Å². The summed E-state index contributed by atoms with van der Waals surface area (Å²) in [7, 11) is 1.46. The zero-order valence-electron chi connectivity index (χ0n) is 8.05. The van der Waals surface area contributed by atoms with E-state index < -0.39 is 11.6 Å². The number of amides is 1. The molecule has 2 nitrogen and oxygen atoms in total. The summed E-state index contributed by atoms with van der Waals surface area (Å²) in [5.74, 6) is -1.59. The fourth-order valence-corrected chi connectivity index (χ4v) is 1.12. The molecule has 4 heteroatoms. The lowest BCUT2D eigenvalue weighted by Crippen LogP contribution is -2.26. The van der Waals surface area contributed by atoms with E-state index in [1.165, 1.54) is 18.0 Å². The van der Waals surface area contributed by atoms with Gasteiger partial charge in [0.1, 0.15) is 11.6 Å². The fourth-order valence-electron chi connectivity index (χ4n) is 1.12. The number of anilines is 1. The highest BCUT2D eigenvalue weighted by molar-refractivity contribution is 5.92. The van der Waals surface area contributed by atoms with Crippen molar-refractivity contribution in [3.8, 4) is 0 Å². The third-order valence-corrected chi connectivity index (χ3v) is 1.95. The Hall–Kier alpha value is -1.45. The Morgan fingerprint density at radius 1 is 1.43 bits per heavy atom. The molecule has 0 unspecified atom stereocenters. The van der Waals surface area contributed by atoms with Crippen molar-refractivity contribution in [2.24, 2.45) is 0 Å². The SMILES string of the molecule is CCC(=O)N(C)c1ccc(F)cc1F.